The van der Waals surface area contributed by atoms with Crippen molar-refractivity contribution in [2.75, 3.05) is 13.1 Å². The Kier molecular flexibility index (Phi) is 4.49. The summed E-state index contributed by atoms with van der Waals surface area (Å²) in [6.07, 6.45) is 3.29. The average molecular weight is 328 g/mol. The van der Waals surface area contributed by atoms with E-state index in [-0.39, 0.29) is 11.6 Å². The highest BCUT2D eigenvalue weighted by Crippen LogP contribution is 2.25. The zero-order valence-corrected chi connectivity index (χ0v) is 11.9. The van der Waals surface area contributed by atoms with Crippen LogP contribution >= 0.6 is 15.9 Å². The van der Waals surface area contributed by atoms with Crippen molar-refractivity contribution >= 4 is 27.5 Å². The van der Waals surface area contributed by atoms with E-state index in [9.17, 15) is 14.9 Å². The van der Waals surface area contributed by atoms with Crippen molar-refractivity contribution in [2.24, 2.45) is 0 Å². The molecular weight excluding hydrogens is 314 g/mol. The molecule has 0 radical (unpaired) electrons. The monoisotopic (exact) mass is 327 g/mol. The van der Waals surface area contributed by atoms with E-state index >= 15 is 0 Å². The Balaban J connectivity index is 2.10. The molecule has 1 aliphatic rings. The van der Waals surface area contributed by atoms with Crippen LogP contribution in [0.3, 0.4) is 0 Å². The molecule has 19 heavy (non-hydrogen) atoms. The number of nitro groups is 1. The molecule has 0 saturated carbocycles. The smallest absolute Gasteiger partial charge is 0.284 e. The van der Waals surface area contributed by atoms with Crippen LogP contribution in [-0.4, -0.2) is 28.9 Å². The molecule has 1 aromatic carbocycles. The first-order chi connectivity index (χ1) is 9.08. The SMILES string of the molecule is O=C(NN1CCCCC1)c1ccc(Br)c([N+](=O)[O-])c1. The number of carbonyl (C=O) groups excluding carboxylic acids is 1. The van der Waals surface area contributed by atoms with Crippen molar-refractivity contribution in [1.29, 1.82) is 0 Å². The number of hydrazine groups is 1. The van der Waals surface area contributed by atoms with Gasteiger partial charge in [-0.3, -0.25) is 20.3 Å². The first-order valence-electron chi connectivity index (χ1n) is 6.08. The summed E-state index contributed by atoms with van der Waals surface area (Å²) < 4.78 is 0.368. The number of benzene rings is 1. The van der Waals surface area contributed by atoms with Gasteiger partial charge in [0.15, 0.2) is 0 Å². The molecule has 1 aliphatic heterocycles. The highest BCUT2D eigenvalue weighted by Gasteiger charge is 2.18. The van der Waals surface area contributed by atoms with E-state index in [4.69, 9.17) is 0 Å². The highest BCUT2D eigenvalue weighted by molar-refractivity contribution is 9.10. The van der Waals surface area contributed by atoms with Crippen molar-refractivity contribution in [3.63, 3.8) is 0 Å². The molecule has 0 bridgehead atoms. The van der Waals surface area contributed by atoms with Crippen LogP contribution in [0.15, 0.2) is 22.7 Å². The van der Waals surface area contributed by atoms with Crippen molar-refractivity contribution in [2.45, 2.75) is 19.3 Å². The predicted molar refractivity (Wildman–Crippen MR) is 73.7 cm³/mol. The molecule has 1 aromatic rings. The third kappa shape index (κ3) is 3.51. The van der Waals surface area contributed by atoms with Crippen LogP contribution in [-0.2, 0) is 0 Å². The molecular formula is C12H14BrN3O3. The summed E-state index contributed by atoms with van der Waals surface area (Å²) in [4.78, 5) is 22.3. The van der Waals surface area contributed by atoms with Gasteiger partial charge < -0.3 is 0 Å². The Morgan fingerprint density at radius 3 is 2.63 bits per heavy atom. The van der Waals surface area contributed by atoms with E-state index in [2.05, 4.69) is 21.4 Å². The fourth-order valence-electron chi connectivity index (χ4n) is 2.01. The van der Waals surface area contributed by atoms with Gasteiger partial charge in [-0.05, 0) is 40.9 Å². The number of rotatable bonds is 3. The van der Waals surface area contributed by atoms with Gasteiger partial charge >= 0.3 is 0 Å². The van der Waals surface area contributed by atoms with Crippen molar-refractivity contribution in [3.05, 3.63) is 38.3 Å². The maximum absolute atomic E-state index is 12.0. The van der Waals surface area contributed by atoms with Crippen molar-refractivity contribution < 1.29 is 9.72 Å². The number of halogens is 1. The number of nitrogens with zero attached hydrogens (tertiary/aromatic N) is 2. The summed E-state index contributed by atoms with van der Waals surface area (Å²) in [5, 5.41) is 12.7. The van der Waals surface area contributed by atoms with Crippen LogP contribution in [0.4, 0.5) is 5.69 Å². The van der Waals surface area contributed by atoms with Gasteiger partial charge in [0.1, 0.15) is 0 Å². The number of hydrogen-bond donors (Lipinski definition) is 1. The lowest BCUT2D eigenvalue weighted by atomic mass is 10.1. The molecule has 2 rings (SSSR count). The molecule has 7 heteroatoms. The van der Waals surface area contributed by atoms with Crippen LogP contribution in [0.2, 0.25) is 0 Å². The number of carbonyl (C=O) groups is 1. The van der Waals surface area contributed by atoms with Gasteiger partial charge in [-0.1, -0.05) is 6.42 Å². The molecule has 102 valence electrons. The first-order valence-corrected chi connectivity index (χ1v) is 6.87. The second-order valence-corrected chi connectivity index (χ2v) is 5.27. The predicted octanol–water partition coefficient (Wildman–Crippen LogP) is 2.49. The minimum atomic E-state index is -0.512. The maximum atomic E-state index is 12.0. The van der Waals surface area contributed by atoms with Gasteiger partial charge in [-0.2, -0.15) is 0 Å². The summed E-state index contributed by atoms with van der Waals surface area (Å²) in [5.41, 5.74) is 2.96. The number of piperidine rings is 1. The largest absolute Gasteiger partial charge is 0.285 e. The Morgan fingerprint density at radius 1 is 1.32 bits per heavy atom. The molecule has 1 amide bonds. The Hall–Kier alpha value is -1.47. The molecule has 1 fully saturated rings. The topological polar surface area (TPSA) is 75.5 Å². The lowest BCUT2D eigenvalue weighted by Gasteiger charge is -2.26. The van der Waals surface area contributed by atoms with Crippen molar-refractivity contribution in [1.82, 2.24) is 10.4 Å². The van der Waals surface area contributed by atoms with Gasteiger partial charge in [-0.25, -0.2) is 5.01 Å². The fraction of sp³-hybridized carbons (Fsp3) is 0.417. The molecule has 0 spiro atoms. The lowest BCUT2D eigenvalue weighted by Crippen LogP contribution is -2.45. The summed E-state index contributed by atoms with van der Waals surface area (Å²) >= 11 is 3.09. The van der Waals surface area contributed by atoms with E-state index < -0.39 is 4.92 Å². The lowest BCUT2D eigenvalue weighted by molar-refractivity contribution is -0.385. The Bertz CT molecular complexity index is 501. The van der Waals surface area contributed by atoms with Crippen LogP contribution in [0.1, 0.15) is 29.6 Å². The van der Waals surface area contributed by atoms with Gasteiger partial charge in [0.2, 0.25) is 0 Å². The van der Waals surface area contributed by atoms with Crippen LogP contribution in [0.5, 0.6) is 0 Å². The van der Waals surface area contributed by atoms with Crippen LogP contribution < -0.4 is 5.43 Å². The maximum Gasteiger partial charge on any atom is 0.284 e. The number of hydrogen-bond acceptors (Lipinski definition) is 4. The molecule has 0 atom stereocenters. The van der Waals surface area contributed by atoms with Crippen LogP contribution in [0, 0.1) is 10.1 Å². The molecule has 1 saturated heterocycles. The molecule has 0 aliphatic carbocycles. The molecule has 1 heterocycles. The third-order valence-electron chi connectivity index (χ3n) is 3.02. The molecule has 6 nitrogen and oxygen atoms in total. The summed E-state index contributed by atoms with van der Waals surface area (Å²) in [7, 11) is 0. The zero-order chi connectivity index (χ0) is 13.8. The van der Waals surface area contributed by atoms with Gasteiger partial charge in [0.25, 0.3) is 11.6 Å². The number of nitro benzene ring substituents is 1. The van der Waals surface area contributed by atoms with E-state index in [1.807, 2.05) is 5.01 Å². The highest BCUT2D eigenvalue weighted by atomic mass is 79.9. The third-order valence-corrected chi connectivity index (χ3v) is 3.69. The van der Waals surface area contributed by atoms with Crippen LogP contribution in [0.25, 0.3) is 0 Å². The van der Waals surface area contributed by atoms with E-state index in [1.54, 1.807) is 6.07 Å². The van der Waals surface area contributed by atoms with Gasteiger partial charge in [0.05, 0.1) is 9.40 Å². The average Bonchev–Trinajstić information content (AvgIpc) is 2.40. The quantitative estimate of drug-likeness (QED) is 0.683. The second kappa shape index (κ2) is 6.12. The van der Waals surface area contributed by atoms with Crippen molar-refractivity contribution in [3.8, 4) is 0 Å². The van der Waals surface area contributed by atoms with E-state index in [1.165, 1.54) is 18.6 Å². The number of amides is 1. The molecule has 0 unspecified atom stereocenters. The Labute approximate surface area is 119 Å². The fourth-order valence-corrected chi connectivity index (χ4v) is 2.40. The van der Waals surface area contributed by atoms with Gasteiger partial charge in [-0.15, -0.1) is 0 Å². The number of nitrogens with one attached hydrogen (secondary N) is 1. The second-order valence-electron chi connectivity index (χ2n) is 4.41. The van der Waals surface area contributed by atoms with E-state index in [0.29, 0.717) is 10.0 Å². The summed E-state index contributed by atoms with van der Waals surface area (Å²) in [5.74, 6) is -0.308. The zero-order valence-electron chi connectivity index (χ0n) is 10.3. The Morgan fingerprint density at radius 2 is 2.00 bits per heavy atom. The minimum Gasteiger partial charge on any atom is -0.285 e. The van der Waals surface area contributed by atoms with E-state index in [0.717, 1.165) is 25.9 Å². The minimum absolute atomic E-state index is 0.105. The molecule has 0 aromatic heterocycles. The summed E-state index contributed by atoms with van der Waals surface area (Å²) in [6.45, 7) is 1.65. The summed E-state index contributed by atoms with van der Waals surface area (Å²) in [6, 6.07) is 4.36. The first kappa shape index (κ1) is 14.0. The standard InChI is InChI=1S/C12H14BrN3O3/c13-10-5-4-9(8-11(10)16(18)19)12(17)14-15-6-2-1-3-7-15/h4-5,8H,1-3,6-7H2,(H,14,17). The normalized spacial score (nSPS) is 16.1. The molecule has 1 N–H and O–H groups in total. The van der Waals surface area contributed by atoms with Gasteiger partial charge in [0, 0.05) is 24.7 Å².